The number of ether oxygens (including phenoxy) is 1. The van der Waals surface area contributed by atoms with Crippen LogP contribution >= 0.6 is 0 Å². The minimum Gasteiger partial charge on any atom is -0.382 e. The van der Waals surface area contributed by atoms with Crippen molar-refractivity contribution in [1.82, 2.24) is 10.2 Å². The molecular weight excluding hydrogens is 228 g/mol. The van der Waals surface area contributed by atoms with E-state index in [-0.39, 0.29) is 0 Å². The third-order valence-corrected chi connectivity index (χ3v) is 3.31. The van der Waals surface area contributed by atoms with E-state index < -0.39 is 0 Å². The molecule has 1 unspecified atom stereocenters. The number of hydrogen-bond acceptors (Lipinski definition) is 3. The fraction of sp³-hybridized carbons (Fsp3) is 0.923. The monoisotopic (exact) mass is 256 g/mol. The molecule has 18 heavy (non-hydrogen) atoms. The van der Waals surface area contributed by atoms with Gasteiger partial charge in [-0.05, 0) is 38.8 Å². The van der Waals surface area contributed by atoms with Crippen molar-refractivity contribution < 1.29 is 4.74 Å². The van der Waals surface area contributed by atoms with E-state index in [9.17, 15) is 0 Å². The van der Waals surface area contributed by atoms with Gasteiger partial charge in [-0.3, -0.25) is 4.99 Å². The van der Waals surface area contributed by atoms with Crippen LogP contribution in [0.15, 0.2) is 4.99 Å². The molecule has 0 radical (unpaired) electrons. The maximum atomic E-state index is 5.82. The van der Waals surface area contributed by atoms with E-state index in [2.05, 4.69) is 22.1 Å². The number of likely N-dealkylation sites (tertiary alicyclic amines) is 1. The summed E-state index contributed by atoms with van der Waals surface area (Å²) >= 11 is 0. The van der Waals surface area contributed by atoms with Crippen LogP contribution in [0, 0.1) is 5.92 Å². The molecule has 1 aliphatic rings. The van der Waals surface area contributed by atoms with E-state index in [1.807, 2.05) is 6.92 Å². The lowest BCUT2D eigenvalue weighted by atomic mass is 10.1. The molecule has 0 bridgehead atoms. The molecule has 1 aliphatic heterocycles. The van der Waals surface area contributed by atoms with Gasteiger partial charge in [0.25, 0.3) is 0 Å². The van der Waals surface area contributed by atoms with Gasteiger partial charge in [0.1, 0.15) is 0 Å². The molecule has 0 aromatic carbocycles. The molecule has 3 N–H and O–H groups in total. The smallest absolute Gasteiger partial charge is 0.188 e. The molecule has 0 aliphatic carbocycles. The Labute approximate surface area is 111 Å². The summed E-state index contributed by atoms with van der Waals surface area (Å²) in [5, 5.41) is 3.12. The second-order valence-electron chi connectivity index (χ2n) is 4.75. The van der Waals surface area contributed by atoms with E-state index >= 15 is 0 Å². The summed E-state index contributed by atoms with van der Waals surface area (Å²) in [5.74, 6) is 1.25. The summed E-state index contributed by atoms with van der Waals surface area (Å²) in [4.78, 5) is 6.87. The van der Waals surface area contributed by atoms with Crippen molar-refractivity contribution in [1.29, 1.82) is 0 Å². The van der Waals surface area contributed by atoms with E-state index in [1.165, 1.54) is 13.0 Å². The summed E-state index contributed by atoms with van der Waals surface area (Å²) in [7, 11) is 0. The van der Waals surface area contributed by atoms with Crippen LogP contribution < -0.4 is 11.1 Å². The minimum atomic E-state index is 0.571. The summed E-state index contributed by atoms with van der Waals surface area (Å²) in [6.07, 6.45) is 2.21. The van der Waals surface area contributed by atoms with Crippen molar-refractivity contribution in [3.05, 3.63) is 0 Å². The number of nitrogens with zero attached hydrogens (tertiary/aromatic N) is 2. The molecule has 0 aromatic heterocycles. The van der Waals surface area contributed by atoms with E-state index in [0.717, 1.165) is 45.8 Å². The van der Waals surface area contributed by atoms with Gasteiger partial charge in [0.2, 0.25) is 0 Å². The van der Waals surface area contributed by atoms with E-state index in [1.54, 1.807) is 0 Å². The van der Waals surface area contributed by atoms with Crippen molar-refractivity contribution in [3.63, 3.8) is 0 Å². The van der Waals surface area contributed by atoms with Crippen LogP contribution in [0.25, 0.3) is 0 Å². The van der Waals surface area contributed by atoms with Gasteiger partial charge in [0.05, 0.1) is 0 Å². The topological polar surface area (TPSA) is 62.9 Å². The van der Waals surface area contributed by atoms with Gasteiger partial charge in [-0.2, -0.15) is 0 Å². The van der Waals surface area contributed by atoms with E-state index in [0.29, 0.717) is 11.9 Å². The first-order valence-corrected chi connectivity index (χ1v) is 7.10. The number of aliphatic imine (C=N–C) groups is 1. The zero-order valence-electron chi connectivity index (χ0n) is 11.8. The van der Waals surface area contributed by atoms with Crippen LogP contribution in [0.3, 0.4) is 0 Å². The van der Waals surface area contributed by atoms with Gasteiger partial charge in [-0.1, -0.05) is 6.92 Å². The second kappa shape index (κ2) is 9.16. The third-order valence-electron chi connectivity index (χ3n) is 3.31. The first kappa shape index (κ1) is 15.2. The number of hydrogen-bond donors (Lipinski definition) is 2. The van der Waals surface area contributed by atoms with Crippen molar-refractivity contribution >= 4 is 5.96 Å². The second-order valence-corrected chi connectivity index (χ2v) is 4.75. The largest absolute Gasteiger partial charge is 0.382 e. The lowest BCUT2D eigenvalue weighted by Crippen LogP contribution is -2.33. The lowest BCUT2D eigenvalue weighted by Gasteiger charge is -2.12. The van der Waals surface area contributed by atoms with Gasteiger partial charge in [-0.15, -0.1) is 0 Å². The Bertz CT molecular complexity index is 245. The van der Waals surface area contributed by atoms with Crippen molar-refractivity contribution in [2.45, 2.75) is 26.7 Å². The van der Waals surface area contributed by atoms with Gasteiger partial charge in [0.15, 0.2) is 5.96 Å². The molecule has 0 spiro atoms. The Hall–Kier alpha value is -0.810. The third kappa shape index (κ3) is 6.21. The molecule has 1 heterocycles. The van der Waals surface area contributed by atoms with Crippen LogP contribution in [-0.2, 0) is 4.74 Å². The first-order valence-electron chi connectivity index (χ1n) is 7.10. The number of rotatable bonds is 8. The number of nitrogens with two attached hydrogens (primary N) is 1. The van der Waals surface area contributed by atoms with Crippen LogP contribution in [0.2, 0.25) is 0 Å². The highest BCUT2D eigenvalue weighted by Crippen LogP contribution is 2.15. The van der Waals surface area contributed by atoms with Crippen molar-refractivity contribution in [3.8, 4) is 0 Å². The SMILES string of the molecule is CCOCCCNC(N)=NCC1CCN(CC)C1. The van der Waals surface area contributed by atoms with Crippen molar-refractivity contribution in [2.75, 3.05) is 45.9 Å². The summed E-state index contributed by atoms with van der Waals surface area (Å²) in [6, 6.07) is 0. The van der Waals surface area contributed by atoms with Crippen LogP contribution in [-0.4, -0.2) is 56.8 Å². The lowest BCUT2D eigenvalue weighted by molar-refractivity contribution is 0.145. The standard InChI is InChI=1S/C13H28N4O/c1-3-17-8-6-12(11-17)10-16-13(14)15-7-5-9-18-4-2/h12H,3-11H2,1-2H3,(H3,14,15,16). The molecule has 1 saturated heterocycles. The van der Waals surface area contributed by atoms with Gasteiger partial charge in [0, 0.05) is 32.8 Å². The Morgan fingerprint density at radius 2 is 2.33 bits per heavy atom. The summed E-state index contributed by atoms with van der Waals surface area (Å²) < 4.78 is 5.25. The maximum absolute atomic E-state index is 5.82. The molecule has 106 valence electrons. The zero-order chi connectivity index (χ0) is 13.2. The van der Waals surface area contributed by atoms with Gasteiger partial charge in [-0.25, -0.2) is 0 Å². The Kier molecular flexibility index (Phi) is 7.76. The normalized spacial score (nSPS) is 21.4. The average molecular weight is 256 g/mol. The van der Waals surface area contributed by atoms with Crippen LogP contribution in [0.5, 0.6) is 0 Å². The predicted molar refractivity (Wildman–Crippen MR) is 75.8 cm³/mol. The Morgan fingerprint density at radius 1 is 1.50 bits per heavy atom. The molecule has 5 nitrogen and oxygen atoms in total. The fourth-order valence-electron chi connectivity index (χ4n) is 2.17. The fourth-order valence-corrected chi connectivity index (χ4v) is 2.17. The molecule has 1 fully saturated rings. The van der Waals surface area contributed by atoms with Crippen LogP contribution in [0.4, 0.5) is 0 Å². The highest BCUT2D eigenvalue weighted by molar-refractivity contribution is 5.77. The van der Waals surface area contributed by atoms with Gasteiger partial charge >= 0.3 is 0 Å². The summed E-state index contributed by atoms with van der Waals surface area (Å²) in [5.41, 5.74) is 5.82. The van der Waals surface area contributed by atoms with E-state index in [4.69, 9.17) is 10.5 Å². The highest BCUT2D eigenvalue weighted by atomic mass is 16.5. The van der Waals surface area contributed by atoms with Crippen molar-refractivity contribution in [2.24, 2.45) is 16.6 Å². The Morgan fingerprint density at radius 3 is 3.00 bits per heavy atom. The first-order chi connectivity index (χ1) is 8.76. The number of guanidine groups is 1. The van der Waals surface area contributed by atoms with Gasteiger partial charge < -0.3 is 20.7 Å². The zero-order valence-corrected chi connectivity index (χ0v) is 11.8. The molecule has 1 rings (SSSR count). The highest BCUT2D eigenvalue weighted by Gasteiger charge is 2.20. The maximum Gasteiger partial charge on any atom is 0.188 e. The van der Waals surface area contributed by atoms with Crippen LogP contribution in [0.1, 0.15) is 26.7 Å². The molecule has 0 amide bonds. The molecule has 5 heteroatoms. The molecule has 1 atom stereocenters. The number of nitrogens with one attached hydrogen (secondary N) is 1. The average Bonchev–Trinajstić information content (AvgIpc) is 2.84. The summed E-state index contributed by atoms with van der Waals surface area (Å²) in [6.45, 7) is 11.0. The quantitative estimate of drug-likeness (QED) is 0.380. The minimum absolute atomic E-state index is 0.571. The predicted octanol–water partition coefficient (Wildman–Crippen LogP) is 0.659. The molecule has 0 aromatic rings. The molecular formula is C13H28N4O. The Balaban J connectivity index is 2.06. The molecule has 0 saturated carbocycles.